The van der Waals surface area contributed by atoms with E-state index in [1.165, 1.54) is 12.1 Å². The summed E-state index contributed by atoms with van der Waals surface area (Å²) in [6, 6.07) is 20.1. The first-order valence-electron chi connectivity index (χ1n) is 9.12. The van der Waals surface area contributed by atoms with Crippen molar-refractivity contribution < 1.29 is 17.9 Å². The Bertz CT molecular complexity index is 1100. The Morgan fingerprint density at radius 2 is 1.66 bits per heavy atom. The number of hydrogen-bond acceptors (Lipinski definition) is 4. The van der Waals surface area contributed by atoms with Gasteiger partial charge in [-0.2, -0.15) is 0 Å². The Hall–Kier alpha value is -3.32. The molecule has 150 valence electrons. The van der Waals surface area contributed by atoms with Crippen molar-refractivity contribution in [3.8, 4) is 5.75 Å². The minimum atomic E-state index is -3.76. The monoisotopic (exact) mass is 410 g/mol. The molecule has 0 fully saturated rings. The van der Waals surface area contributed by atoms with Crippen LogP contribution in [0.5, 0.6) is 5.75 Å². The van der Waals surface area contributed by atoms with Crippen LogP contribution in [-0.4, -0.2) is 20.9 Å². The van der Waals surface area contributed by atoms with Crippen molar-refractivity contribution in [3.63, 3.8) is 0 Å². The average molecular weight is 410 g/mol. The Morgan fingerprint density at radius 1 is 0.966 bits per heavy atom. The summed E-state index contributed by atoms with van der Waals surface area (Å²) in [5.41, 5.74) is 2.16. The number of ether oxygens (including phenoxy) is 1. The summed E-state index contributed by atoms with van der Waals surface area (Å²) in [4.78, 5) is 12.4. The van der Waals surface area contributed by atoms with Gasteiger partial charge >= 0.3 is 0 Å². The molecular formula is C22H22N2O4S. The highest BCUT2D eigenvalue weighted by Gasteiger charge is 2.16. The lowest BCUT2D eigenvalue weighted by Crippen LogP contribution is -2.15. The van der Waals surface area contributed by atoms with Crippen molar-refractivity contribution in [2.24, 2.45) is 0 Å². The molecule has 2 N–H and O–H groups in total. The van der Waals surface area contributed by atoms with Gasteiger partial charge in [-0.05, 0) is 74.0 Å². The molecule has 3 aromatic carbocycles. The molecule has 0 unspecified atom stereocenters. The lowest BCUT2D eigenvalue weighted by Gasteiger charge is -2.12. The van der Waals surface area contributed by atoms with E-state index in [-0.39, 0.29) is 10.8 Å². The summed E-state index contributed by atoms with van der Waals surface area (Å²) in [5.74, 6) is 0.418. The van der Waals surface area contributed by atoms with Crippen molar-refractivity contribution in [3.05, 3.63) is 83.9 Å². The molecular weight excluding hydrogens is 388 g/mol. The molecule has 0 atom stereocenters. The molecule has 0 aliphatic carbocycles. The summed E-state index contributed by atoms with van der Waals surface area (Å²) >= 11 is 0. The number of carbonyl (C=O) groups is 1. The topological polar surface area (TPSA) is 84.5 Å². The second-order valence-electron chi connectivity index (χ2n) is 6.36. The predicted octanol–water partition coefficient (Wildman–Crippen LogP) is 4.45. The van der Waals surface area contributed by atoms with Crippen molar-refractivity contribution in [2.75, 3.05) is 16.6 Å². The molecule has 29 heavy (non-hydrogen) atoms. The zero-order valence-electron chi connectivity index (χ0n) is 16.2. The molecule has 0 aromatic heterocycles. The van der Waals surface area contributed by atoms with Gasteiger partial charge in [0.2, 0.25) is 0 Å². The molecule has 6 nitrogen and oxygen atoms in total. The van der Waals surface area contributed by atoms with Crippen molar-refractivity contribution in [1.29, 1.82) is 0 Å². The van der Waals surface area contributed by atoms with E-state index < -0.39 is 10.0 Å². The number of hydrogen-bond donors (Lipinski definition) is 2. The van der Waals surface area contributed by atoms with Crippen LogP contribution < -0.4 is 14.8 Å². The van der Waals surface area contributed by atoms with Gasteiger partial charge in [-0.25, -0.2) is 8.42 Å². The summed E-state index contributed by atoms with van der Waals surface area (Å²) in [5, 5.41) is 2.80. The molecule has 0 radical (unpaired) electrons. The van der Waals surface area contributed by atoms with Crippen molar-refractivity contribution >= 4 is 27.3 Å². The minimum absolute atomic E-state index is 0.113. The van der Waals surface area contributed by atoms with E-state index in [0.717, 1.165) is 0 Å². The van der Waals surface area contributed by atoms with Crippen LogP contribution in [0.15, 0.2) is 77.7 Å². The van der Waals surface area contributed by atoms with Crippen LogP contribution in [0.25, 0.3) is 0 Å². The Labute approximate surface area is 170 Å². The first kappa shape index (κ1) is 20.4. The lowest BCUT2D eigenvalue weighted by atomic mass is 10.1. The first-order valence-corrected chi connectivity index (χ1v) is 10.6. The van der Waals surface area contributed by atoms with Gasteiger partial charge in [0.05, 0.1) is 11.5 Å². The summed E-state index contributed by atoms with van der Waals surface area (Å²) in [7, 11) is -3.76. The fourth-order valence-electron chi connectivity index (χ4n) is 2.73. The molecule has 0 spiro atoms. The van der Waals surface area contributed by atoms with E-state index in [9.17, 15) is 13.2 Å². The van der Waals surface area contributed by atoms with Crippen molar-refractivity contribution in [1.82, 2.24) is 0 Å². The van der Waals surface area contributed by atoms with E-state index in [0.29, 0.717) is 34.9 Å². The molecule has 0 aliphatic rings. The third-order valence-electron chi connectivity index (χ3n) is 4.21. The Kier molecular flexibility index (Phi) is 6.19. The highest BCUT2D eigenvalue weighted by Crippen LogP contribution is 2.23. The van der Waals surface area contributed by atoms with E-state index in [2.05, 4.69) is 10.0 Å². The molecule has 0 saturated heterocycles. The maximum atomic E-state index is 12.7. The number of aryl methyl sites for hydroxylation is 1. The number of anilines is 2. The van der Waals surface area contributed by atoms with Gasteiger partial charge in [0.1, 0.15) is 5.75 Å². The second-order valence-corrected chi connectivity index (χ2v) is 8.04. The number of benzene rings is 3. The minimum Gasteiger partial charge on any atom is -0.494 e. The highest BCUT2D eigenvalue weighted by molar-refractivity contribution is 7.92. The van der Waals surface area contributed by atoms with Crippen LogP contribution in [0.1, 0.15) is 22.8 Å². The van der Waals surface area contributed by atoms with Crippen LogP contribution in [0.4, 0.5) is 11.4 Å². The van der Waals surface area contributed by atoms with E-state index in [4.69, 9.17) is 4.74 Å². The largest absolute Gasteiger partial charge is 0.494 e. The highest BCUT2D eigenvalue weighted by atomic mass is 32.2. The zero-order chi connectivity index (χ0) is 20.9. The fraction of sp³-hybridized carbons (Fsp3) is 0.136. The third kappa shape index (κ3) is 5.14. The normalized spacial score (nSPS) is 11.0. The lowest BCUT2D eigenvalue weighted by molar-refractivity contribution is 0.102. The molecule has 1 amide bonds. The van der Waals surface area contributed by atoms with Crippen LogP contribution >= 0.6 is 0 Å². The molecule has 0 saturated carbocycles. The maximum absolute atomic E-state index is 12.7. The van der Waals surface area contributed by atoms with Gasteiger partial charge in [0.15, 0.2) is 0 Å². The first-order chi connectivity index (χ1) is 13.9. The standard InChI is InChI=1S/C22H22N2O4S/c1-3-28-19-11-9-18(10-12-19)24-29(26,27)20-13-14-21(16(2)15-20)23-22(25)17-7-5-4-6-8-17/h4-15,24H,3H2,1-2H3,(H,23,25). The van der Waals surface area contributed by atoms with E-state index in [1.807, 2.05) is 13.0 Å². The van der Waals surface area contributed by atoms with Gasteiger partial charge in [0.25, 0.3) is 15.9 Å². The predicted molar refractivity (Wildman–Crippen MR) is 114 cm³/mol. The Balaban J connectivity index is 1.75. The fourth-order valence-corrected chi connectivity index (χ4v) is 3.87. The van der Waals surface area contributed by atoms with Crippen LogP contribution in [0, 0.1) is 6.92 Å². The van der Waals surface area contributed by atoms with Gasteiger partial charge in [0, 0.05) is 16.9 Å². The molecule has 3 rings (SSSR count). The summed E-state index contributed by atoms with van der Waals surface area (Å²) in [6.45, 7) is 4.17. The second kappa shape index (κ2) is 8.79. The van der Waals surface area contributed by atoms with Gasteiger partial charge < -0.3 is 10.1 Å². The van der Waals surface area contributed by atoms with Gasteiger partial charge in [-0.15, -0.1) is 0 Å². The smallest absolute Gasteiger partial charge is 0.261 e. The van der Waals surface area contributed by atoms with Crippen molar-refractivity contribution in [2.45, 2.75) is 18.7 Å². The van der Waals surface area contributed by atoms with Crippen LogP contribution in [-0.2, 0) is 10.0 Å². The molecule has 7 heteroatoms. The van der Waals surface area contributed by atoms with E-state index >= 15 is 0 Å². The molecule has 0 heterocycles. The average Bonchev–Trinajstić information content (AvgIpc) is 2.71. The molecule has 3 aromatic rings. The van der Waals surface area contributed by atoms with Gasteiger partial charge in [-0.3, -0.25) is 9.52 Å². The van der Waals surface area contributed by atoms with Gasteiger partial charge in [-0.1, -0.05) is 18.2 Å². The van der Waals surface area contributed by atoms with E-state index in [1.54, 1.807) is 61.5 Å². The summed E-state index contributed by atoms with van der Waals surface area (Å²) < 4.78 is 33.3. The zero-order valence-corrected chi connectivity index (χ0v) is 17.0. The quantitative estimate of drug-likeness (QED) is 0.603. The summed E-state index contributed by atoms with van der Waals surface area (Å²) in [6.07, 6.45) is 0. The van der Waals surface area contributed by atoms with Crippen LogP contribution in [0.2, 0.25) is 0 Å². The number of nitrogens with one attached hydrogen (secondary N) is 2. The maximum Gasteiger partial charge on any atom is 0.261 e. The SMILES string of the molecule is CCOc1ccc(NS(=O)(=O)c2ccc(NC(=O)c3ccccc3)c(C)c2)cc1. The number of rotatable bonds is 7. The third-order valence-corrected chi connectivity index (χ3v) is 5.59. The Morgan fingerprint density at radius 3 is 2.28 bits per heavy atom. The number of amides is 1. The molecule has 0 bridgehead atoms. The van der Waals surface area contributed by atoms with Crippen LogP contribution in [0.3, 0.4) is 0 Å². The number of carbonyl (C=O) groups excluding carboxylic acids is 1. The molecule has 0 aliphatic heterocycles. The number of sulfonamides is 1.